The lowest BCUT2D eigenvalue weighted by atomic mass is 10.2. The first-order valence-corrected chi connectivity index (χ1v) is 4.86. The van der Waals surface area contributed by atoms with E-state index in [-0.39, 0.29) is 0 Å². The van der Waals surface area contributed by atoms with Gasteiger partial charge in [0.25, 0.3) is 0 Å². The summed E-state index contributed by atoms with van der Waals surface area (Å²) in [5.74, 6) is 0. The van der Waals surface area contributed by atoms with Gasteiger partial charge in [0.2, 0.25) is 0 Å². The van der Waals surface area contributed by atoms with Gasteiger partial charge in [0, 0.05) is 5.33 Å². The molecule has 0 aliphatic rings. The fourth-order valence-corrected chi connectivity index (χ4v) is 0.492. The highest BCUT2D eigenvalue weighted by Gasteiger charge is 1.80. The fourth-order valence-electron chi connectivity index (χ4n) is 0.305. The van der Waals surface area contributed by atoms with Gasteiger partial charge in [-0.1, -0.05) is 60.7 Å². The molecule has 0 spiro atoms. The average molecular weight is 217 g/mol. The summed E-state index contributed by atoms with van der Waals surface area (Å²) < 4.78 is 0. The number of rotatable bonds is 3. The second kappa shape index (κ2) is 9.70. The van der Waals surface area contributed by atoms with E-state index >= 15 is 0 Å². The van der Waals surface area contributed by atoms with E-state index in [1.165, 1.54) is 0 Å². The molecule has 0 rings (SSSR count). The summed E-state index contributed by atoms with van der Waals surface area (Å²) in [4.78, 5) is 0. The van der Waals surface area contributed by atoms with E-state index in [1.54, 1.807) is 0 Å². The summed E-state index contributed by atoms with van der Waals surface area (Å²) in [5.41, 5.74) is 2.12. The SMILES string of the molecule is C=C(C)/C=C\C(=C)CBr.CC. The van der Waals surface area contributed by atoms with Crippen LogP contribution < -0.4 is 0 Å². The number of alkyl halides is 1. The Morgan fingerprint density at radius 3 is 2.00 bits per heavy atom. The number of hydrogen-bond acceptors (Lipinski definition) is 0. The zero-order chi connectivity index (χ0) is 9.28. The molecule has 1 heteroatoms. The van der Waals surface area contributed by atoms with Crippen LogP contribution >= 0.6 is 15.9 Å². The van der Waals surface area contributed by atoms with Crippen molar-refractivity contribution in [2.24, 2.45) is 0 Å². The van der Waals surface area contributed by atoms with Crippen molar-refractivity contribution in [2.75, 3.05) is 5.33 Å². The van der Waals surface area contributed by atoms with Crippen molar-refractivity contribution in [3.63, 3.8) is 0 Å². The van der Waals surface area contributed by atoms with E-state index in [0.29, 0.717) is 0 Å². The number of hydrogen-bond donors (Lipinski definition) is 0. The molecule has 0 aliphatic heterocycles. The van der Waals surface area contributed by atoms with Gasteiger partial charge in [-0.2, -0.15) is 0 Å². The molecule has 0 unspecified atom stereocenters. The molecule has 0 saturated heterocycles. The van der Waals surface area contributed by atoms with Crippen molar-refractivity contribution in [1.29, 1.82) is 0 Å². The Kier molecular flexibility index (Phi) is 11.7. The normalized spacial score (nSPS) is 8.73. The molecular weight excluding hydrogens is 200 g/mol. The Morgan fingerprint density at radius 2 is 1.73 bits per heavy atom. The van der Waals surface area contributed by atoms with Gasteiger partial charge >= 0.3 is 0 Å². The predicted molar refractivity (Wildman–Crippen MR) is 58.2 cm³/mol. The Morgan fingerprint density at radius 1 is 1.27 bits per heavy atom. The van der Waals surface area contributed by atoms with E-state index in [9.17, 15) is 0 Å². The second-order valence-electron chi connectivity index (χ2n) is 1.97. The molecule has 0 aliphatic carbocycles. The minimum Gasteiger partial charge on any atom is -0.0961 e. The largest absolute Gasteiger partial charge is 0.0961 e. The number of allylic oxidation sites excluding steroid dienone is 4. The van der Waals surface area contributed by atoms with E-state index in [0.717, 1.165) is 16.5 Å². The summed E-state index contributed by atoms with van der Waals surface area (Å²) in [6.45, 7) is 13.4. The summed E-state index contributed by atoms with van der Waals surface area (Å²) in [5, 5.41) is 0.830. The molecule has 0 atom stereocenters. The minimum absolute atomic E-state index is 0.830. The fraction of sp³-hybridized carbons (Fsp3) is 0.400. The van der Waals surface area contributed by atoms with E-state index in [1.807, 2.05) is 32.9 Å². The van der Waals surface area contributed by atoms with Crippen LogP contribution in [0.3, 0.4) is 0 Å². The molecule has 0 bridgehead atoms. The summed E-state index contributed by atoms with van der Waals surface area (Å²) in [7, 11) is 0. The first-order chi connectivity index (χ1) is 5.16. The maximum Gasteiger partial charge on any atom is 0.0277 e. The number of halogens is 1. The third-order valence-corrected chi connectivity index (χ3v) is 1.50. The standard InChI is InChI=1S/C8H11Br.C2H6/c1-7(2)4-5-8(3)6-9;1-2/h4-5H,1,3,6H2,2H3;1-2H3/b5-4-;. The van der Waals surface area contributed by atoms with Crippen molar-refractivity contribution >= 4 is 15.9 Å². The molecule has 64 valence electrons. The lowest BCUT2D eigenvalue weighted by molar-refractivity contribution is 1.50. The van der Waals surface area contributed by atoms with Crippen LogP contribution in [0.1, 0.15) is 20.8 Å². The second-order valence-corrected chi connectivity index (χ2v) is 2.53. The molecule has 11 heavy (non-hydrogen) atoms. The van der Waals surface area contributed by atoms with Gasteiger partial charge in [0.1, 0.15) is 0 Å². The van der Waals surface area contributed by atoms with Crippen LogP contribution in [0.4, 0.5) is 0 Å². The van der Waals surface area contributed by atoms with Crippen molar-refractivity contribution in [2.45, 2.75) is 20.8 Å². The quantitative estimate of drug-likeness (QED) is 0.493. The van der Waals surface area contributed by atoms with Crippen LogP contribution in [-0.4, -0.2) is 5.33 Å². The van der Waals surface area contributed by atoms with Crippen LogP contribution in [0.2, 0.25) is 0 Å². The van der Waals surface area contributed by atoms with Crippen molar-refractivity contribution in [3.05, 3.63) is 36.5 Å². The molecule has 0 aromatic heterocycles. The molecule has 0 fully saturated rings. The van der Waals surface area contributed by atoms with E-state index < -0.39 is 0 Å². The monoisotopic (exact) mass is 216 g/mol. The van der Waals surface area contributed by atoms with Gasteiger partial charge in [-0.25, -0.2) is 0 Å². The van der Waals surface area contributed by atoms with Gasteiger partial charge in [0.15, 0.2) is 0 Å². The highest BCUT2D eigenvalue weighted by Crippen LogP contribution is 1.99. The van der Waals surface area contributed by atoms with Gasteiger partial charge < -0.3 is 0 Å². The smallest absolute Gasteiger partial charge is 0.0277 e. The third kappa shape index (κ3) is 12.8. The third-order valence-electron chi connectivity index (χ3n) is 0.775. The zero-order valence-corrected chi connectivity index (χ0v) is 9.24. The zero-order valence-electron chi connectivity index (χ0n) is 7.65. The maximum atomic E-state index is 3.77. The molecule has 0 amide bonds. The van der Waals surface area contributed by atoms with Crippen LogP contribution in [0.25, 0.3) is 0 Å². The van der Waals surface area contributed by atoms with E-state index in [4.69, 9.17) is 0 Å². The van der Waals surface area contributed by atoms with Gasteiger partial charge in [-0.05, 0) is 12.5 Å². The Bertz CT molecular complexity index is 143. The molecule has 0 aromatic carbocycles. The molecule has 0 radical (unpaired) electrons. The van der Waals surface area contributed by atoms with Gasteiger partial charge in [-0.15, -0.1) is 0 Å². The van der Waals surface area contributed by atoms with Crippen LogP contribution in [0.15, 0.2) is 36.5 Å². The molecule has 0 N–H and O–H groups in total. The van der Waals surface area contributed by atoms with Crippen LogP contribution in [0, 0.1) is 0 Å². The van der Waals surface area contributed by atoms with Gasteiger partial charge in [-0.3, -0.25) is 0 Å². The molecule has 0 saturated carbocycles. The highest BCUT2D eigenvalue weighted by molar-refractivity contribution is 9.09. The molecule has 0 aromatic rings. The first-order valence-electron chi connectivity index (χ1n) is 3.74. The van der Waals surface area contributed by atoms with E-state index in [2.05, 4.69) is 29.1 Å². The lowest BCUT2D eigenvalue weighted by Crippen LogP contribution is -1.73. The Labute approximate surface area is 78.8 Å². The van der Waals surface area contributed by atoms with Gasteiger partial charge in [0.05, 0.1) is 0 Å². The topological polar surface area (TPSA) is 0 Å². The lowest BCUT2D eigenvalue weighted by Gasteiger charge is -1.88. The van der Waals surface area contributed by atoms with Crippen molar-refractivity contribution in [1.82, 2.24) is 0 Å². The minimum atomic E-state index is 0.830. The van der Waals surface area contributed by atoms with Crippen molar-refractivity contribution in [3.8, 4) is 0 Å². The first kappa shape index (κ1) is 13.3. The summed E-state index contributed by atoms with van der Waals surface area (Å²) in [6.07, 6.45) is 3.90. The Hall–Kier alpha value is -0.300. The van der Waals surface area contributed by atoms with Crippen LogP contribution in [-0.2, 0) is 0 Å². The summed E-state index contributed by atoms with van der Waals surface area (Å²) >= 11 is 3.28. The molecule has 0 heterocycles. The average Bonchev–Trinajstić information content (AvgIpc) is 2.04. The summed E-state index contributed by atoms with van der Waals surface area (Å²) in [6, 6.07) is 0. The predicted octanol–water partition coefficient (Wildman–Crippen LogP) is 4.10. The maximum absolute atomic E-state index is 3.77. The molecule has 0 nitrogen and oxygen atoms in total. The highest BCUT2D eigenvalue weighted by atomic mass is 79.9. The molecular formula is C10H17Br. The van der Waals surface area contributed by atoms with Crippen LogP contribution in [0.5, 0.6) is 0 Å². The van der Waals surface area contributed by atoms with Crippen molar-refractivity contribution < 1.29 is 0 Å². The Balaban J connectivity index is 0.